The Morgan fingerprint density at radius 2 is 1.91 bits per heavy atom. The van der Waals surface area contributed by atoms with Crippen LogP contribution in [0.15, 0.2) is 24.3 Å². The van der Waals surface area contributed by atoms with Gasteiger partial charge in [0.2, 0.25) is 11.7 Å². The highest BCUT2D eigenvalue weighted by molar-refractivity contribution is 5.91. The Morgan fingerprint density at radius 1 is 1.09 bits per heavy atom. The minimum atomic E-state index is -0.312. The summed E-state index contributed by atoms with van der Waals surface area (Å²) in [5.41, 5.74) is 0.747. The zero-order valence-electron chi connectivity index (χ0n) is 19.1. The number of likely N-dealkylation sites (tertiary alicyclic amines) is 1. The van der Waals surface area contributed by atoms with Crippen LogP contribution in [-0.4, -0.2) is 50.6 Å². The first-order valence-electron chi connectivity index (χ1n) is 12.3. The molecular formula is C25H32FN5O2. The molecule has 3 heterocycles. The van der Waals surface area contributed by atoms with Gasteiger partial charge in [0.05, 0.1) is 6.42 Å². The van der Waals surface area contributed by atoms with E-state index in [1.807, 2.05) is 9.47 Å². The van der Waals surface area contributed by atoms with Gasteiger partial charge in [0.1, 0.15) is 11.6 Å². The summed E-state index contributed by atoms with van der Waals surface area (Å²) in [6.07, 6.45) is 9.41. The van der Waals surface area contributed by atoms with Crippen LogP contribution in [0.25, 0.3) is 0 Å². The molecule has 1 N–H and O–H groups in total. The van der Waals surface area contributed by atoms with E-state index < -0.39 is 0 Å². The summed E-state index contributed by atoms with van der Waals surface area (Å²) in [6, 6.07) is 6.51. The number of carbonyl (C=O) groups is 2. The lowest BCUT2D eigenvalue weighted by atomic mass is 9.80. The fourth-order valence-electron chi connectivity index (χ4n) is 5.76. The van der Waals surface area contributed by atoms with Crippen LogP contribution in [0.4, 0.5) is 4.39 Å². The van der Waals surface area contributed by atoms with Gasteiger partial charge in [-0.25, -0.2) is 4.39 Å². The van der Waals surface area contributed by atoms with E-state index in [1.165, 1.54) is 31.4 Å². The normalized spacial score (nSPS) is 23.4. The number of rotatable bonds is 4. The minimum Gasteiger partial charge on any atom is -0.347 e. The molecule has 1 aliphatic carbocycles. The monoisotopic (exact) mass is 453 g/mol. The molecule has 1 atom stereocenters. The number of aromatic nitrogens is 3. The first kappa shape index (κ1) is 22.0. The van der Waals surface area contributed by atoms with Crippen molar-refractivity contribution in [2.75, 3.05) is 13.1 Å². The summed E-state index contributed by atoms with van der Waals surface area (Å²) < 4.78 is 15.5. The van der Waals surface area contributed by atoms with E-state index in [1.54, 1.807) is 12.1 Å². The molecule has 2 aliphatic heterocycles. The lowest BCUT2D eigenvalue weighted by Gasteiger charge is -2.27. The molecule has 8 heteroatoms. The summed E-state index contributed by atoms with van der Waals surface area (Å²) in [5, 5.41) is 11.7. The largest absolute Gasteiger partial charge is 0.347 e. The van der Waals surface area contributed by atoms with Crippen LogP contribution in [0.1, 0.15) is 73.4 Å². The molecule has 2 aromatic rings. The average molecular weight is 454 g/mol. The maximum atomic E-state index is 13.5. The Morgan fingerprint density at radius 3 is 2.73 bits per heavy atom. The second-order valence-corrected chi connectivity index (χ2v) is 10.0. The number of amides is 2. The van der Waals surface area contributed by atoms with Gasteiger partial charge in [-0.3, -0.25) is 9.59 Å². The Balaban J connectivity index is 1.21. The topological polar surface area (TPSA) is 80.1 Å². The van der Waals surface area contributed by atoms with E-state index in [2.05, 4.69) is 15.5 Å². The third kappa shape index (κ3) is 4.80. The first-order chi connectivity index (χ1) is 16.0. The number of aryl methyl sites for hydroxylation is 1. The van der Waals surface area contributed by atoms with Gasteiger partial charge in [-0.2, -0.15) is 0 Å². The van der Waals surface area contributed by atoms with Crippen molar-refractivity contribution in [1.29, 1.82) is 0 Å². The van der Waals surface area contributed by atoms with Crippen molar-refractivity contribution < 1.29 is 14.0 Å². The molecule has 1 spiro atoms. The summed E-state index contributed by atoms with van der Waals surface area (Å²) in [4.78, 5) is 27.7. The van der Waals surface area contributed by atoms with Crippen molar-refractivity contribution >= 4 is 11.8 Å². The van der Waals surface area contributed by atoms with E-state index >= 15 is 0 Å². The Kier molecular flexibility index (Phi) is 6.17. The third-order valence-corrected chi connectivity index (χ3v) is 7.75. The second kappa shape index (κ2) is 9.23. The SMILES string of the molecule is O=C(NC1CCCCC1)c1nnc2n1CC[C@]1(CC2)CCN(C(=O)Cc2cccc(F)c2)C1. The number of fused-ring (bicyclic) bond motifs is 1. The van der Waals surface area contributed by atoms with E-state index in [-0.39, 0.29) is 35.5 Å². The highest BCUT2D eigenvalue weighted by Gasteiger charge is 2.41. The first-order valence-corrected chi connectivity index (χ1v) is 12.3. The number of hydrogen-bond donors (Lipinski definition) is 1. The van der Waals surface area contributed by atoms with Crippen LogP contribution in [0, 0.1) is 11.2 Å². The molecule has 0 radical (unpaired) electrons. The van der Waals surface area contributed by atoms with Crippen LogP contribution in [0.2, 0.25) is 0 Å². The standard InChI is InChI=1S/C25H32FN5O2/c26-19-6-4-5-18(15-19)16-22(32)30-13-11-25(17-30)10-9-21-28-29-23(31(21)14-12-25)24(33)27-20-7-2-1-3-8-20/h4-6,15,20H,1-3,7-14,16-17H2,(H,27,33)/t25-/m0/s1. The maximum absolute atomic E-state index is 13.5. The van der Waals surface area contributed by atoms with Gasteiger partial charge in [0.25, 0.3) is 5.91 Å². The number of halogens is 1. The van der Waals surface area contributed by atoms with Crippen LogP contribution in [0.5, 0.6) is 0 Å². The van der Waals surface area contributed by atoms with Crippen LogP contribution < -0.4 is 5.32 Å². The van der Waals surface area contributed by atoms with E-state index in [4.69, 9.17) is 0 Å². The van der Waals surface area contributed by atoms with E-state index in [0.29, 0.717) is 24.5 Å². The minimum absolute atomic E-state index is 0.0371. The van der Waals surface area contributed by atoms with Crippen molar-refractivity contribution in [2.45, 2.75) is 76.8 Å². The van der Waals surface area contributed by atoms with Gasteiger partial charge in [-0.05, 0) is 55.2 Å². The van der Waals surface area contributed by atoms with Gasteiger partial charge >= 0.3 is 0 Å². The van der Waals surface area contributed by atoms with Crippen molar-refractivity contribution in [3.05, 3.63) is 47.3 Å². The number of carbonyl (C=O) groups excluding carboxylic acids is 2. The molecule has 2 amide bonds. The number of nitrogens with one attached hydrogen (secondary N) is 1. The molecule has 0 bridgehead atoms. The van der Waals surface area contributed by atoms with Crippen molar-refractivity contribution in [2.24, 2.45) is 5.41 Å². The van der Waals surface area contributed by atoms with Gasteiger partial charge in [-0.15, -0.1) is 10.2 Å². The molecule has 1 aromatic carbocycles. The molecule has 2 fully saturated rings. The van der Waals surface area contributed by atoms with Gasteiger partial charge < -0.3 is 14.8 Å². The van der Waals surface area contributed by atoms with E-state index in [0.717, 1.165) is 50.9 Å². The molecule has 0 unspecified atom stereocenters. The molecule has 1 saturated heterocycles. The molecule has 7 nitrogen and oxygen atoms in total. The average Bonchev–Trinajstić information content (AvgIpc) is 3.37. The quantitative estimate of drug-likeness (QED) is 0.771. The molecule has 5 rings (SSSR count). The number of nitrogens with zero attached hydrogens (tertiary/aromatic N) is 4. The van der Waals surface area contributed by atoms with Crippen LogP contribution >= 0.6 is 0 Å². The van der Waals surface area contributed by atoms with E-state index in [9.17, 15) is 14.0 Å². The zero-order valence-corrected chi connectivity index (χ0v) is 19.1. The maximum Gasteiger partial charge on any atom is 0.289 e. The Bertz CT molecular complexity index is 1030. The van der Waals surface area contributed by atoms with Gasteiger partial charge in [0.15, 0.2) is 0 Å². The lowest BCUT2D eigenvalue weighted by Crippen LogP contribution is -2.37. The number of benzene rings is 1. The predicted molar refractivity (Wildman–Crippen MR) is 121 cm³/mol. The summed E-state index contributed by atoms with van der Waals surface area (Å²) >= 11 is 0. The summed E-state index contributed by atoms with van der Waals surface area (Å²) in [7, 11) is 0. The lowest BCUT2D eigenvalue weighted by molar-refractivity contribution is -0.129. The molecular weight excluding hydrogens is 421 g/mol. The zero-order chi connectivity index (χ0) is 22.8. The highest BCUT2D eigenvalue weighted by atomic mass is 19.1. The van der Waals surface area contributed by atoms with Crippen molar-refractivity contribution in [3.63, 3.8) is 0 Å². The van der Waals surface area contributed by atoms with Crippen LogP contribution in [0.3, 0.4) is 0 Å². The highest BCUT2D eigenvalue weighted by Crippen LogP contribution is 2.41. The van der Waals surface area contributed by atoms with Crippen molar-refractivity contribution in [3.8, 4) is 0 Å². The van der Waals surface area contributed by atoms with Gasteiger partial charge in [-0.1, -0.05) is 31.4 Å². The smallest absolute Gasteiger partial charge is 0.289 e. The molecule has 1 saturated carbocycles. The van der Waals surface area contributed by atoms with Crippen LogP contribution in [-0.2, 0) is 24.2 Å². The summed E-state index contributed by atoms with van der Waals surface area (Å²) in [6.45, 7) is 2.13. The fourth-order valence-corrected chi connectivity index (χ4v) is 5.76. The molecule has 176 valence electrons. The Labute approximate surface area is 193 Å². The predicted octanol–water partition coefficient (Wildman–Crippen LogP) is 3.28. The third-order valence-electron chi connectivity index (χ3n) is 7.75. The van der Waals surface area contributed by atoms with Crippen molar-refractivity contribution in [1.82, 2.24) is 25.0 Å². The summed E-state index contributed by atoms with van der Waals surface area (Å²) in [5.74, 6) is 0.909. The molecule has 1 aromatic heterocycles. The molecule has 33 heavy (non-hydrogen) atoms. The Hall–Kier alpha value is -2.77. The molecule has 3 aliphatic rings. The van der Waals surface area contributed by atoms with Gasteiger partial charge in [0, 0.05) is 32.1 Å². The fraction of sp³-hybridized carbons (Fsp3) is 0.600. The number of hydrogen-bond acceptors (Lipinski definition) is 4. The second-order valence-electron chi connectivity index (χ2n) is 10.0.